The number of hydrogen-bond donors (Lipinski definition) is 0. The van der Waals surface area contributed by atoms with Crippen molar-refractivity contribution in [2.24, 2.45) is 0 Å². The van der Waals surface area contributed by atoms with Gasteiger partial charge in [-0.25, -0.2) is 0 Å². The summed E-state index contributed by atoms with van der Waals surface area (Å²) in [6, 6.07) is 50.3. The van der Waals surface area contributed by atoms with Crippen LogP contribution in [-0.2, 0) is 20.1 Å². The normalized spacial score (nSPS) is 13.5. The van der Waals surface area contributed by atoms with E-state index in [2.05, 4.69) is 108 Å². The minimum Gasteiger partial charge on any atom is -0.304 e. The van der Waals surface area contributed by atoms with Crippen molar-refractivity contribution in [3.05, 3.63) is 151 Å². The van der Waals surface area contributed by atoms with Gasteiger partial charge in [0.2, 0.25) is 6.71 Å². The van der Waals surface area contributed by atoms with E-state index in [4.69, 9.17) is 9.10 Å². The average Bonchev–Trinajstić information content (AvgIpc) is 3.60. The molecule has 0 saturated heterocycles. The largest absolute Gasteiger partial charge is 0.304 e. The third kappa shape index (κ3) is 5.54. The second-order valence-electron chi connectivity index (χ2n) is 11.3. The number of aromatic nitrogens is 2. The van der Waals surface area contributed by atoms with E-state index in [9.17, 15) is 0 Å². The van der Waals surface area contributed by atoms with Crippen LogP contribution >= 0.6 is 34.9 Å². The van der Waals surface area contributed by atoms with Crippen molar-refractivity contribution in [3.63, 3.8) is 0 Å². The molecule has 1 radical (unpaired) electrons. The van der Waals surface area contributed by atoms with Crippen molar-refractivity contribution in [3.8, 4) is 21.8 Å². The summed E-state index contributed by atoms with van der Waals surface area (Å²) in [5.41, 5.74) is 8.27. The number of nitrogens with zero attached hydrogens (tertiary/aromatic N) is 2. The van der Waals surface area contributed by atoms with Gasteiger partial charge in [-0.3, -0.25) is 4.98 Å². The minimum absolute atomic E-state index is 0. The fourth-order valence-electron chi connectivity index (χ4n) is 6.35. The van der Waals surface area contributed by atoms with Gasteiger partial charge < -0.3 is 4.98 Å². The van der Waals surface area contributed by atoms with Crippen LogP contribution in [0.5, 0.6) is 0 Å². The molecule has 231 valence electrons. The SMILES string of the molecule is [2H]C([2H])([2H])c1ccc(-c2[c-]cccc2)nc1.[Ir].[c-]1cc2c3c(c1-c1nc4ccc5ccccc5c4s1)Sc1ccccc1B3c1ccccc1S2. The van der Waals surface area contributed by atoms with Crippen LogP contribution < -0.4 is 16.4 Å². The number of aryl methyl sites for hydroxylation is 1. The second kappa shape index (κ2) is 13.2. The van der Waals surface area contributed by atoms with E-state index in [0.717, 1.165) is 27.3 Å². The maximum atomic E-state index is 7.23. The van der Waals surface area contributed by atoms with E-state index >= 15 is 0 Å². The Kier molecular flexibility index (Phi) is 7.65. The van der Waals surface area contributed by atoms with Crippen LogP contribution in [0.25, 0.3) is 42.8 Å². The van der Waals surface area contributed by atoms with Crippen LogP contribution in [0.3, 0.4) is 0 Å². The molecule has 4 heterocycles. The van der Waals surface area contributed by atoms with Crippen LogP contribution in [0.4, 0.5) is 0 Å². The first kappa shape index (κ1) is 27.9. The Balaban J connectivity index is 0.000000187. The van der Waals surface area contributed by atoms with E-state index in [1.54, 1.807) is 29.5 Å². The monoisotopic (exact) mass is 848 g/mol. The zero-order valence-electron chi connectivity index (χ0n) is 28.2. The van der Waals surface area contributed by atoms with Crippen molar-refractivity contribution < 1.29 is 24.2 Å². The summed E-state index contributed by atoms with van der Waals surface area (Å²) in [5.74, 6) is 0. The first-order valence-corrected chi connectivity index (χ1v) is 17.7. The molecule has 0 N–H and O–H groups in total. The van der Waals surface area contributed by atoms with E-state index in [-0.39, 0.29) is 32.4 Å². The zero-order valence-corrected chi connectivity index (χ0v) is 30.1. The van der Waals surface area contributed by atoms with Gasteiger partial charge in [0, 0.05) is 40.8 Å². The van der Waals surface area contributed by atoms with Crippen molar-refractivity contribution in [1.82, 2.24) is 9.97 Å². The molecule has 0 aliphatic carbocycles. The first-order chi connectivity index (χ1) is 24.4. The summed E-state index contributed by atoms with van der Waals surface area (Å²) < 4.78 is 23.0. The number of benzene rings is 6. The Hall–Kier alpha value is -3.97. The van der Waals surface area contributed by atoms with Gasteiger partial charge in [-0.05, 0) is 51.5 Å². The standard InChI is InChI=1S/C29H15BNS3.C12H10N.Ir/c1-2-8-18-17(7-1)13-15-22-27(18)34-29(31-22)19-14-16-25-26-28(19)33-24-12-6-4-10-21(24)30(26)20-9-3-5-11-23(20)32-25;1-10-7-8-12(13-9-10)11-5-3-2-4-6-11;/h1-13,15-16H;2-5,7-9H,1H3;/q2*-1;/i;1D3;. The molecular weight excluding hydrogens is 820 g/mol. The predicted octanol–water partition coefficient (Wildman–Crippen LogP) is 9.22. The number of fused-ring (bicyclic) bond motifs is 7. The Morgan fingerprint density at radius 2 is 1.50 bits per heavy atom. The Morgan fingerprint density at radius 3 is 2.27 bits per heavy atom. The fraction of sp³-hybridized carbons (Fsp3) is 0.0244. The Morgan fingerprint density at radius 1 is 0.729 bits per heavy atom. The summed E-state index contributed by atoms with van der Waals surface area (Å²) in [6.45, 7) is -1.84. The quantitative estimate of drug-likeness (QED) is 0.128. The molecule has 0 spiro atoms. The van der Waals surface area contributed by atoms with Gasteiger partial charge in [-0.1, -0.05) is 99.6 Å². The van der Waals surface area contributed by atoms with Crippen molar-refractivity contribution in [2.75, 3.05) is 0 Å². The summed E-state index contributed by atoms with van der Waals surface area (Å²) in [4.78, 5) is 14.5. The van der Waals surface area contributed by atoms with Gasteiger partial charge >= 0.3 is 0 Å². The van der Waals surface area contributed by atoms with Gasteiger partial charge in [-0.2, -0.15) is 11.3 Å². The molecule has 2 aliphatic rings. The second-order valence-corrected chi connectivity index (χ2v) is 14.5. The molecule has 0 atom stereocenters. The van der Waals surface area contributed by atoms with Gasteiger partial charge in [-0.15, -0.1) is 82.6 Å². The minimum atomic E-state index is -2.09. The van der Waals surface area contributed by atoms with Gasteiger partial charge in [0.15, 0.2) is 0 Å². The molecule has 8 aromatic rings. The zero-order chi connectivity index (χ0) is 33.8. The molecule has 2 aliphatic heterocycles. The Labute approximate surface area is 310 Å². The summed E-state index contributed by atoms with van der Waals surface area (Å²) >= 11 is 5.54. The summed E-state index contributed by atoms with van der Waals surface area (Å²) in [5, 5.41) is 3.59. The molecule has 48 heavy (non-hydrogen) atoms. The number of thiazole rings is 1. The molecule has 10 rings (SSSR count). The molecule has 6 aromatic carbocycles. The summed E-state index contributed by atoms with van der Waals surface area (Å²) in [6.07, 6.45) is 1.39. The summed E-state index contributed by atoms with van der Waals surface area (Å²) in [7, 11) is 0. The van der Waals surface area contributed by atoms with Crippen LogP contribution in [-0.4, -0.2) is 16.7 Å². The molecular formula is C41H25BIrN2S3-2. The molecule has 7 heteroatoms. The van der Waals surface area contributed by atoms with Crippen LogP contribution in [0.15, 0.2) is 153 Å². The van der Waals surface area contributed by atoms with Gasteiger partial charge in [0.25, 0.3) is 0 Å². The average molecular weight is 848 g/mol. The molecule has 0 amide bonds. The predicted molar refractivity (Wildman–Crippen MR) is 200 cm³/mol. The number of rotatable bonds is 2. The molecule has 0 saturated carbocycles. The van der Waals surface area contributed by atoms with E-state index in [0.29, 0.717) is 0 Å². The van der Waals surface area contributed by atoms with Gasteiger partial charge in [0.05, 0.1) is 10.2 Å². The van der Waals surface area contributed by atoms with Crippen LogP contribution in [0, 0.1) is 19.0 Å². The smallest absolute Gasteiger partial charge is 0.227 e. The van der Waals surface area contributed by atoms with Crippen LogP contribution in [0.2, 0.25) is 0 Å². The van der Waals surface area contributed by atoms with E-state index in [1.807, 2.05) is 41.7 Å². The van der Waals surface area contributed by atoms with E-state index in [1.165, 1.54) is 57.6 Å². The van der Waals surface area contributed by atoms with Crippen molar-refractivity contribution in [2.45, 2.75) is 26.4 Å². The van der Waals surface area contributed by atoms with Crippen LogP contribution in [0.1, 0.15) is 9.68 Å². The molecule has 0 unspecified atom stereocenters. The van der Waals surface area contributed by atoms with Gasteiger partial charge in [0.1, 0.15) is 0 Å². The first-order valence-electron chi connectivity index (χ1n) is 16.8. The van der Waals surface area contributed by atoms with Crippen molar-refractivity contribution in [1.29, 1.82) is 0 Å². The molecule has 2 nitrogen and oxygen atoms in total. The maximum Gasteiger partial charge on any atom is 0.227 e. The number of hydrogen-bond acceptors (Lipinski definition) is 5. The third-order valence-corrected chi connectivity index (χ3v) is 12.0. The molecule has 0 bridgehead atoms. The van der Waals surface area contributed by atoms with E-state index < -0.39 is 6.85 Å². The van der Waals surface area contributed by atoms with Crippen molar-refractivity contribution >= 4 is 79.0 Å². The molecule has 2 aromatic heterocycles. The third-order valence-electron chi connectivity index (χ3n) is 8.51. The Bertz CT molecular complexity index is 2550. The topological polar surface area (TPSA) is 25.8 Å². The fourth-order valence-corrected chi connectivity index (χ4v) is 9.99. The maximum absolute atomic E-state index is 7.23. The number of pyridine rings is 1. The molecule has 0 fully saturated rings.